The van der Waals surface area contributed by atoms with Gasteiger partial charge in [-0.2, -0.15) is 0 Å². The zero-order valence-corrected chi connectivity index (χ0v) is 32.2. The van der Waals surface area contributed by atoms with Crippen molar-refractivity contribution >= 4 is 29.1 Å². The zero-order valence-electron chi connectivity index (χ0n) is 31.4. The number of carbonyl (C=O) groups is 3. The van der Waals surface area contributed by atoms with Crippen molar-refractivity contribution in [3.63, 3.8) is 0 Å². The zero-order chi connectivity index (χ0) is 35.7. The summed E-state index contributed by atoms with van der Waals surface area (Å²) in [4.78, 5) is 40.6. The van der Waals surface area contributed by atoms with E-state index in [1.54, 1.807) is 0 Å². The minimum Gasteiger partial charge on any atom is -0.426 e. The summed E-state index contributed by atoms with van der Waals surface area (Å²) in [5.41, 5.74) is 2.46. The molecule has 2 aromatic rings. The molecule has 280 valence electrons. The highest BCUT2D eigenvalue weighted by atomic mass is 32.1. The Kier molecular flexibility index (Phi) is 21.8. The summed E-state index contributed by atoms with van der Waals surface area (Å²) in [6, 6.07) is 11.0. The Morgan fingerprint density at radius 2 is 1.38 bits per heavy atom. The molecule has 2 N–H and O–H groups in total. The predicted molar refractivity (Wildman–Crippen MR) is 208 cm³/mol. The summed E-state index contributed by atoms with van der Waals surface area (Å²) < 4.78 is 5.82. The van der Waals surface area contributed by atoms with E-state index in [2.05, 4.69) is 46.0 Å². The molecule has 0 bridgehead atoms. The standard InChI is InChI=1S/C42H67N3O4S/c1-3-31-45(32-29-37-22-20-33-50-37)36-26-27-38-35(34-36)21-19-23-39(38)49-42(48)28-30-44-41(47)25-18-16-14-12-10-8-6-5-7-9-11-13-15-17-24-40(46)43-4-2/h19-23,33,36H,3-18,24-32,34H2,1-2H3,(H,43,46)(H,44,47)/t36-/m0/s1. The van der Waals surface area contributed by atoms with Crippen LogP contribution in [0.3, 0.4) is 0 Å². The quantitative estimate of drug-likeness (QED) is 0.0523. The van der Waals surface area contributed by atoms with Crippen LogP contribution in [0.5, 0.6) is 5.75 Å². The maximum Gasteiger partial charge on any atom is 0.312 e. The molecule has 8 heteroatoms. The number of unbranched alkanes of at least 4 members (excludes halogenated alkanes) is 13. The van der Waals surface area contributed by atoms with Gasteiger partial charge in [0.1, 0.15) is 5.75 Å². The first-order chi connectivity index (χ1) is 24.5. The molecule has 1 atom stereocenters. The van der Waals surface area contributed by atoms with E-state index in [-0.39, 0.29) is 24.2 Å². The second-order valence-electron chi connectivity index (χ2n) is 14.1. The maximum atomic E-state index is 12.7. The molecule has 1 aromatic carbocycles. The number of esters is 1. The third kappa shape index (κ3) is 17.5. The minimum absolute atomic E-state index is 0.0265. The molecular formula is C42H67N3O4S. The van der Waals surface area contributed by atoms with E-state index < -0.39 is 0 Å². The van der Waals surface area contributed by atoms with Crippen molar-refractivity contribution in [1.29, 1.82) is 0 Å². The summed E-state index contributed by atoms with van der Waals surface area (Å²) in [5, 5.41) is 7.93. The van der Waals surface area contributed by atoms with Gasteiger partial charge in [0.2, 0.25) is 11.8 Å². The number of carbonyl (C=O) groups excluding carboxylic acids is 3. The van der Waals surface area contributed by atoms with E-state index in [9.17, 15) is 14.4 Å². The first-order valence-corrected chi connectivity index (χ1v) is 21.0. The van der Waals surface area contributed by atoms with Crippen LogP contribution in [0.4, 0.5) is 0 Å². The summed E-state index contributed by atoms with van der Waals surface area (Å²) in [6.07, 6.45) is 23.6. The van der Waals surface area contributed by atoms with Gasteiger partial charge in [0.05, 0.1) is 6.42 Å². The lowest BCUT2D eigenvalue weighted by atomic mass is 9.86. The lowest BCUT2D eigenvalue weighted by Gasteiger charge is -2.35. The fraction of sp³-hybridized carbons (Fsp3) is 0.690. The smallest absolute Gasteiger partial charge is 0.312 e. The van der Waals surface area contributed by atoms with Gasteiger partial charge in [-0.1, -0.05) is 102 Å². The van der Waals surface area contributed by atoms with Gasteiger partial charge in [-0.3, -0.25) is 19.3 Å². The number of benzene rings is 1. The fourth-order valence-corrected chi connectivity index (χ4v) is 7.88. The van der Waals surface area contributed by atoms with Crippen LogP contribution in [0.25, 0.3) is 0 Å². The number of rotatable bonds is 28. The van der Waals surface area contributed by atoms with Gasteiger partial charge in [-0.25, -0.2) is 0 Å². The highest BCUT2D eigenvalue weighted by Crippen LogP contribution is 2.32. The molecule has 0 fully saturated rings. The van der Waals surface area contributed by atoms with Crippen LogP contribution < -0.4 is 15.4 Å². The molecular weight excluding hydrogens is 643 g/mol. The van der Waals surface area contributed by atoms with Crippen molar-refractivity contribution in [2.75, 3.05) is 26.2 Å². The molecule has 2 amide bonds. The topological polar surface area (TPSA) is 87.7 Å². The van der Waals surface area contributed by atoms with E-state index >= 15 is 0 Å². The van der Waals surface area contributed by atoms with E-state index in [0.29, 0.717) is 31.2 Å². The van der Waals surface area contributed by atoms with Crippen molar-refractivity contribution in [3.05, 3.63) is 51.7 Å². The third-order valence-corrected chi connectivity index (χ3v) is 10.9. The van der Waals surface area contributed by atoms with Gasteiger partial charge >= 0.3 is 5.97 Å². The monoisotopic (exact) mass is 709 g/mol. The van der Waals surface area contributed by atoms with Crippen LogP contribution in [0.2, 0.25) is 0 Å². The van der Waals surface area contributed by atoms with Gasteiger partial charge < -0.3 is 15.4 Å². The molecule has 0 aliphatic heterocycles. The molecule has 0 saturated heterocycles. The summed E-state index contributed by atoms with van der Waals surface area (Å²) in [7, 11) is 0. The van der Waals surface area contributed by atoms with Crippen LogP contribution in [-0.2, 0) is 33.6 Å². The largest absolute Gasteiger partial charge is 0.426 e. The number of ether oxygens (including phenoxy) is 1. The molecule has 1 aromatic heterocycles. The molecule has 0 spiro atoms. The molecule has 1 heterocycles. The Labute approximate surface area is 307 Å². The lowest BCUT2D eigenvalue weighted by Crippen LogP contribution is -2.41. The Balaban J connectivity index is 1.17. The first kappa shape index (κ1) is 41.7. The number of nitrogens with zero attached hydrogens (tertiary/aromatic N) is 1. The Morgan fingerprint density at radius 3 is 1.96 bits per heavy atom. The second kappa shape index (κ2) is 26.1. The maximum absolute atomic E-state index is 12.7. The van der Waals surface area contributed by atoms with Crippen LogP contribution >= 0.6 is 11.3 Å². The van der Waals surface area contributed by atoms with Gasteiger partial charge in [0.25, 0.3) is 0 Å². The Bertz CT molecular complexity index is 1220. The molecule has 1 aliphatic carbocycles. The van der Waals surface area contributed by atoms with Gasteiger partial charge in [-0.15, -0.1) is 11.3 Å². The summed E-state index contributed by atoms with van der Waals surface area (Å²) in [6.45, 7) is 7.47. The highest BCUT2D eigenvalue weighted by Gasteiger charge is 2.26. The summed E-state index contributed by atoms with van der Waals surface area (Å²) in [5.74, 6) is 0.623. The van der Waals surface area contributed by atoms with Crippen molar-refractivity contribution in [2.24, 2.45) is 0 Å². The average Bonchev–Trinajstić information content (AvgIpc) is 3.64. The van der Waals surface area contributed by atoms with Crippen LogP contribution in [0, 0.1) is 0 Å². The van der Waals surface area contributed by atoms with E-state index in [0.717, 1.165) is 71.0 Å². The number of fused-ring (bicyclic) bond motifs is 1. The van der Waals surface area contributed by atoms with Crippen LogP contribution in [-0.4, -0.2) is 54.9 Å². The summed E-state index contributed by atoms with van der Waals surface area (Å²) >= 11 is 1.84. The number of hydrogen-bond acceptors (Lipinski definition) is 6. The number of hydrogen-bond donors (Lipinski definition) is 2. The molecule has 0 radical (unpaired) electrons. The Morgan fingerprint density at radius 1 is 0.760 bits per heavy atom. The molecule has 0 unspecified atom stereocenters. The van der Waals surface area contributed by atoms with E-state index in [1.807, 2.05) is 30.4 Å². The van der Waals surface area contributed by atoms with Crippen LogP contribution in [0.15, 0.2) is 35.7 Å². The van der Waals surface area contributed by atoms with Gasteiger partial charge in [0.15, 0.2) is 0 Å². The SMILES string of the molecule is CCCN(CCc1cccs1)[C@H]1CCc2c(cccc2OC(=O)CCNC(=O)CCCCCCCCCCCCCCCCC(=O)NCC)C1. The number of amides is 2. The average molecular weight is 710 g/mol. The highest BCUT2D eigenvalue weighted by molar-refractivity contribution is 7.09. The normalized spacial score (nSPS) is 14.0. The molecule has 7 nitrogen and oxygen atoms in total. The van der Waals surface area contributed by atoms with Crippen LogP contribution in [0.1, 0.15) is 152 Å². The van der Waals surface area contributed by atoms with E-state index in [1.165, 1.54) is 86.6 Å². The minimum atomic E-state index is -0.283. The van der Waals surface area contributed by atoms with E-state index in [4.69, 9.17) is 4.74 Å². The molecule has 0 saturated carbocycles. The number of thiophene rings is 1. The van der Waals surface area contributed by atoms with Crippen molar-refractivity contribution < 1.29 is 19.1 Å². The predicted octanol–water partition coefficient (Wildman–Crippen LogP) is 9.35. The molecule has 50 heavy (non-hydrogen) atoms. The molecule has 3 rings (SSSR count). The lowest BCUT2D eigenvalue weighted by molar-refractivity contribution is -0.134. The van der Waals surface area contributed by atoms with Crippen molar-refractivity contribution in [1.82, 2.24) is 15.5 Å². The second-order valence-corrected chi connectivity index (χ2v) is 15.2. The van der Waals surface area contributed by atoms with Crippen molar-refractivity contribution in [3.8, 4) is 5.75 Å². The van der Waals surface area contributed by atoms with Gasteiger partial charge in [0, 0.05) is 43.4 Å². The van der Waals surface area contributed by atoms with Gasteiger partial charge in [-0.05, 0) is 87.1 Å². The van der Waals surface area contributed by atoms with Crippen molar-refractivity contribution in [2.45, 2.75) is 161 Å². The molecule has 1 aliphatic rings. The fourth-order valence-electron chi connectivity index (χ4n) is 7.18. The third-order valence-electron chi connectivity index (χ3n) is 9.97. The Hall–Kier alpha value is -2.71. The number of nitrogens with one attached hydrogen (secondary N) is 2. The first-order valence-electron chi connectivity index (χ1n) is 20.1.